The van der Waals surface area contributed by atoms with Crippen LogP contribution in [-0.4, -0.2) is 38.7 Å². The highest BCUT2D eigenvalue weighted by Crippen LogP contribution is 2.33. The number of aryl methyl sites for hydroxylation is 2. The Morgan fingerprint density at radius 3 is 2.68 bits per heavy atom. The smallest absolute Gasteiger partial charge is 0.341 e. The molecule has 118 valence electrons. The monoisotopic (exact) mass is 323 g/mol. The van der Waals surface area contributed by atoms with E-state index in [4.69, 9.17) is 4.74 Å². The minimum Gasteiger partial charge on any atom is -0.462 e. The molecule has 0 fully saturated rings. The van der Waals surface area contributed by atoms with Gasteiger partial charge in [0.15, 0.2) is 5.82 Å². The molecule has 1 amide bonds. The van der Waals surface area contributed by atoms with E-state index in [1.807, 2.05) is 13.8 Å². The van der Waals surface area contributed by atoms with Crippen molar-refractivity contribution in [1.29, 1.82) is 0 Å². The van der Waals surface area contributed by atoms with E-state index in [1.54, 1.807) is 14.0 Å². The fraction of sp³-hybridized carbons (Fsp3) is 0.462. The summed E-state index contributed by atoms with van der Waals surface area (Å²) in [5, 5.41) is 14.2. The Kier molecular flexibility index (Phi) is 4.86. The van der Waals surface area contributed by atoms with E-state index in [9.17, 15) is 9.59 Å². The van der Waals surface area contributed by atoms with Crippen molar-refractivity contribution in [1.82, 2.24) is 20.2 Å². The van der Waals surface area contributed by atoms with Gasteiger partial charge in [-0.1, -0.05) is 0 Å². The number of carbonyl (C=O) groups is 2. The zero-order chi connectivity index (χ0) is 16.3. The highest BCUT2D eigenvalue weighted by atomic mass is 32.1. The van der Waals surface area contributed by atoms with Crippen LogP contribution in [0, 0.1) is 13.8 Å². The van der Waals surface area contributed by atoms with Gasteiger partial charge < -0.3 is 10.1 Å². The topological polar surface area (TPSA) is 99.0 Å². The van der Waals surface area contributed by atoms with Crippen LogP contribution >= 0.6 is 11.3 Å². The molecule has 0 saturated carbocycles. The van der Waals surface area contributed by atoms with Crippen molar-refractivity contribution in [3.63, 3.8) is 0 Å². The molecule has 2 heterocycles. The van der Waals surface area contributed by atoms with Crippen molar-refractivity contribution in [3.8, 4) is 0 Å². The fourth-order valence-corrected chi connectivity index (χ4v) is 2.94. The number of rotatable bonds is 5. The summed E-state index contributed by atoms with van der Waals surface area (Å²) in [5.41, 5.74) is 1.23. The molecule has 0 spiro atoms. The molecular formula is C13H17N5O3S. The molecule has 1 N–H and O–H groups in total. The molecule has 0 radical (unpaired) electrons. The van der Waals surface area contributed by atoms with Gasteiger partial charge in [0.1, 0.15) is 5.00 Å². The van der Waals surface area contributed by atoms with Gasteiger partial charge in [0.25, 0.3) is 0 Å². The van der Waals surface area contributed by atoms with Crippen molar-refractivity contribution in [2.75, 3.05) is 11.9 Å². The second-order valence-electron chi connectivity index (χ2n) is 4.65. The quantitative estimate of drug-likeness (QED) is 0.831. The molecule has 9 heteroatoms. The third kappa shape index (κ3) is 3.30. The molecule has 2 aromatic rings. The first kappa shape index (κ1) is 16.1. The summed E-state index contributed by atoms with van der Waals surface area (Å²) >= 11 is 1.35. The number of carbonyl (C=O) groups excluding carboxylic acids is 2. The van der Waals surface area contributed by atoms with E-state index in [1.165, 1.54) is 16.0 Å². The maximum atomic E-state index is 12.1. The second kappa shape index (κ2) is 6.65. The van der Waals surface area contributed by atoms with E-state index in [2.05, 4.69) is 20.8 Å². The zero-order valence-corrected chi connectivity index (χ0v) is 13.7. The number of hydrogen-bond donors (Lipinski definition) is 1. The Balaban J connectivity index is 2.18. The number of anilines is 1. The minimum atomic E-state index is -0.431. The summed E-state index contributed by atoms with van der Waals surface area (Å²) in [4.78, 5) is 25.1. The summed E-state index contributed by atoms with van der Waals surface area (Å²) in [7, 11) is 1.66. The number of hydrogen-bond acceptors (Lipinski definition) is 7. The first-order valence-corrected chi connectivity index (χ1v) is 7.53. The fourth-order valence-electron chi connectivity index (χ4n) is 1.88. The lowest BCUT2D eigenvalue weighted by Crippen LogP contribution is -2.18. The summed E-state index contributed by atoms with van der Waals surface area (Å²) in [6.45, 7) is 5.75. The molecule has 0 aliphatic rings. The van der Waals surface area contributed by atoms with Crippen molar-refractivity contribution in [2.45, 2.75) is 27.2 Å². The van der Waals surface area contributed by atoms with Gasteiger partial charge >= 0.3 is 5.97 Å². The number of ether oxygens (including phenoxy) is 1. The average molecular weight is 323 g/mol. The van der Waals surface area contributed by atoms with E-state index in [0.29, 0.717) is 16.4 Å². The molecule has 2 aromatic heterocycles. The number of esters is 1. The first-order chi connectivity index (χ1) is 10.4. The molecular weight excluding hydrogens is 306 g/mol. The third-order valence-corrected chi connectivity index (χ3v) is 4.27. The predicted molar refractivity (Wildman–Crippen MR) is 80.9 cm³/mol. The summed E-state index contributed by atoms with van der Waals surface area (Å²) in [5.74, 6) is -0.273. The van der Waals surface area contributed by atoms with Gasteiger partial charge in [0.2, 0.25) is 5.91 Å². The van der Waals surface area contributed by atoms with Crippen LogP contribution in [-0.2, 0) is 23.0 Å². The highest BCUT2D eigenvalue weighted by molar-refractivity contribution is 7.16. The van der Waals surface area contributed by atoms with Gasteiger partial charge in [-0.25, -0.2) is 9.48 Å². The number of aromatic nitrogens is 4. The lowest BCUT2D eigenvalue weighted by Gasteiger charge is -2.06. The van der Waals surface area contributed by atoms with Crippen LogP contribution in [0.4, 0.5) is 5.00 Å². The SMILES string of the molecule is CCOC(=O)c1c(NC(=O)Cc2nnnn2C)sc(C)c1C. The van der Waals surface area contributed by atoms with Crippen molar-refractivity contribution >= 4 is 28.2 Å². The van der Waals surface area contributed by atoms with Crippen LogP contribution in [0.25, 0.3) is 0 Å². The van der Waals surface area contributed by atoms with Gasteiger partial charge in [-0.05, 0) is 36.8 Å². The number of tetrazole rings is 1. The van der Waals surface area contributed by atoms with Crippen molar-refractivity contribution in [3.05, 3.63) is 21.8 Å². The molecule has 0 bridgehead atoms. The predicted octanol–water partition coefficient (Wildman–Crippen LogP) is 1.25. The van der Waals surface area contributed by atoms with Crippen LogP contribution in [0.2, 0.25) is 0 Å². The lowest BCUT2D eigenvalue weighted by molar-refractivity contribution is -0.115. The second-order valence-corrected chi connectivity index (χ2v) is 5.88. The maximum Gasteiger partial charge on any atom is 0.341 e. The van der Waals surface area contributed by atoms with Crippen LogP contribution in [0.5, 0.6) is 0 Å². The highest BCUT2D eigenvalue weighted by Gasteiger charge is 2.22. The molecule has 0 aromatic carbocycles. The van der Waals surface area contributed by atoms with Crippen LogP contribution in [0.15, 0.2) is 0 Å². The number of nitrogens with zero attached hydrogens (tertiary/aromatic N) is 4. The van der Waals surface area contributed by atoms with Gasteiger partial charge in [-0.3, -0.25) is 4.79 Å². The molecule has 0 saturated heterocycles. The molecule has 22 heavy (non-hydrogen) atoms. The maximum absolute atomic E-state index is 12.1. The van der Waals surface area contributed by atoms with Gasteiger partial charge in [0, 0.05) is 11.9 Å². The van der Waals surface area contributed by atoms with E-state index >= 15 is 0 Å². The van der Waals surface area contributed by atoms with Crippen molar-refractivity contribution < 1.29 is 14.3 Å². The Morgan fingerprint density at radius 1 is 1.36 bits per heavy atom. The largest absolute Gasteiger partial charge is 0.462 e. The zero-order valence-electron chi connectivity index (χ0n) is 12.8. The average Bonchev–Trinajstić information content (AvgIpc) is 2.95. The third-order valence-electron chi connectivity index (χ3n) is 3.14. The Labute approximate surface area is 131 Å². The normalized spacial score (nSPS) is 10.5. The number of amides is 1. The van der Waals surface area contributed by atoms with Crippen molar-refractivity contribution in [2.24, 2.45) is 7.05 Å². The molecule has 0 aliphatic heterocycles. The molecule has 0 unspecified atom stereocenters. The van der Waals surface area contributed by atoms with Gasteiger partial charge in [0.05, 0.1) is 18.6 Å². The standard InChI is InChI=1S/C13H17N5O3S/c1-5-21-13(20)11-7(2)8(3)22-12(11)14-10(19)6-9-15-16-17-18(9)4/h5-6H2,1-4H3,(H,14,19). The Morgan fingerprint density at radius 2 is 2.09 bits per heavy atom. The van der Waals surface area contributed by atoms with E-state index in [-0.39, 0.29) is 18.9 Å². The Hall–Kier alpha value is -2.29. The Bertz CT molecular complexity index is 707. The number of nitrogens with one attached hydrogen (secondary N) is 1. The summed E-state index contributed by atoms with van der Waals surface area (Å²) in [6.07, 6.45) is 0.0295. The summed E-state index contributed by atoms with van der Waals surface area (Å²) in [6, 6.07) is 0. The molecule has 0 atom stereocenters. The van der Waals surface area contributed by atoms with E-state index in [0.717, 1.165) is 10.4 Å². The number of thiophene rings is 1. The molecule has 2 rings (SSSR count). The minimum absolute atomic E-state index is 0.0295. The van der Waals surface area contributed by atoms with Gasteiger partial charge in [-0.2, -0.15) is 0 Å². The van der Waals surface area contributed by atoms with E-state index < -0.39 is 5.97 Å². The molecule has 0 aliphatic carbocycles. The van der Waals surface area contributed by atoms with Crippen LogP contribution in [0.3, 0.4) is 0 Å². The first-order valence-electron chi connectivity index (χ1n) is 6.72. The summed E-state index contributed by atoms with van der Waals surface area (Å²) < 4.78 is 6.48. The van der Waals surface area contributed by atoms with Gasteiger partial charge in [-0.15, -0.1) is 16.4 Å². The lowest BCUT2D eigenvalue weighted by atomic mass is 10.1. The van der Waals surface area contributed by atoms with Crippen LogP contribution in [0.1, 0.15) is 33.5 Å². The van der Waals surface area contributed by atoms with Crippen LogP contribution < -0.4 is 5.32 Å². The molecule has 8 nitrogen and oxygen atoms in total.